The molecule has 5 heteroatoms. The second-order valence-corrected chi connectivity index (χ2v) is 10.1. The summed E-state index contributed by atoms with van der Waals surface area (Å²) >= 11 is 1.85. The van der Waals surface area contributed by atoms with E-state index in [1.807, 2.05) is 23.5 Å². The number of hydrogen-bond acceptors (Lipinski definition) is 5. The average molecular weight is 488 g/mol. The fourth-order valence-electron chi connectivity index (χ4n) is 4.67. The SMILES string of the molecule is OCCCOc1ccc(-c2sc3ccccc3c2Cc2ccc(OCCN3CCCC3)cc2)cc1. The second kappa shape index (κ2) is 11.7. The summed E-state index contributed by atoms with van der Waals surface area (Å²) < 4.78 is 13.0. The first-order chi connectivity index (χ1) is 17.3. The molecule has 182 valence electrons. The summed E-state index contributed by atoms with van der Waals surface area (Å²) in [6.07, 6.45) is 4.15. The average Bonchev–Trinajstić information content (AvgIpc) is 3.54. The van der Waals surface area contributed by atoms with Crippen LogP contribution in [0.5, 0.6) is 11.5 Å². The van der Waals surface area contributed by atoms with Crippen LogP contribution in [0, 0.1) is 0 Å². The lowest BCUT2D eigenvalue weighted by Crippen LogP contribution is -2.25. The molecule has 0 saturated carbocycles. The Labute approximate surface area is 211 Å². The van der Waals surface area contributed by atoms with Crippen molar-refractivity contribution in [3.8, 4) is 21.9 Å². The quantitative estimate of drug-likeness (QED) is 0.249. The van der Waals surface area contributed by atoms with Crippen LogP contribution in [0.25, 0.3) is 20.5 Å². The van der Waals surface area contributed by atoms with Gasteiger partial charge in [0.05, 0.1) is 6.61 Å². The Hall–Kier alpha value is -2.86. The summed E-state index contributed by atoms with van der Waals surface area (Å²) in [5.74, 6) is 1.78. The van der Waals surface area contributed by atoms with E-state index < -0.39 is 0 Å². The van der Waals surface area contributed by atoms with E-state index in [1.54, 1.807) is 0 Å². The van der Waals surface area contributed by atoms with Crippen molar-refractivity contribution in [3.05, 3.63) is 83.9 Å². The monoisotopic (exact) mass is 487 g/mol. The molecule has 0 aliphatic carbocycles. The van der Waals surface area contributed by atoms with Crippen LogP contribution in [0.2, 0.25) is 0 Å². The topological polar surface area (TPSA) is 41.9 Å². The number of nitrogens with zero attached hydrogens (tertiary/aromatic N) is 1. The minimum Gasteiger partial charge on any atom is -0.494 e. The lowest BCUT2D eigenvalue weighted by Gasteiger charge is -2.15. The summed E-state index contributed by atoms with van der Waals surface area (Å²) in [4.78, 5) is 3.78. The molecule has 1 aliphatic rings. The number of aliphatic hydroxyl groups is 1. The number of ether oxygens (including phenoxy) is 2. The maximum absolute atomic E-state index is 8.96. The van der Waals surface area contributed by atoms with Gasteiger partial charge in [-0.2, -0.15) is 0 Å². The Morgan fingerprint density at radius 2 is 1.49 bits per heavy atom. The van der Waals surface area contributed by atoms with E-state index >= 15 is 0 Å². The van der Waals surface area contributed by atoms with E-state index in [2.05, 4.69) is 65.6 Å². The number of likely N-dealkylation sites (tertiary alicyclic amines) is 1. The first kappa shape index (κ1) is 23.9. The van der Waals surface area contributed by atoms with Gasteiger partial charge in [0, 0.05) is 29.1 Å². The molecule has 4 aromatic rings. The van der Waals surface area contributed by atoms with Crippen molar-refractivity contribution < 1.29 is 14.6 Å². The van der Waals surface area contributed by atoms with Crippen molar-refractivity contribution in [1.29, 1.82) is 0 Å². The third kappa shape index (κ3) is 6.04. The fraction of sp³-hybridized carbons (Fsp3) is 0.333. The Morgan fingerprint density at radius 3 is 2.23 bits per heavy atom. The second-order valence-electron chi connectivity index (χ2n) is 9.07. The molecule has 0 amide bonds. The summed E-state index contributed by atoms with van der Waals surface area (Å²) in [5, 5.41) is 10.3. The zero-order valence-corrected chi connectivity index (χ0v) is 20.9. The lowest BCUT2D eigenvalue weighted by molar-refractivity contribution is 0.233. The Morgan fingerprint density at radius 1 is 0.800 bits per heavy atom. The van der Waals surface area contributed by atoms with Gasteiger partial charge in [-0.05, 0) is 96.9 Å². The minimum atomic E-state index is 0.148. The highest BCUT2D eigenvalue weighted by atomic mass is 32.1. The Balaban J connectivity index is 1.31. The molecule has 4 nitrogen and oxygen atoms in total. The first-order valence-corrected chi connectivity index (χ1v) is 13.4. The van der Waals surface area contributed by atoms with Crippen LogP contribution in [-0.4, -0.2) is 49.5 Å². The van der Waals surface area contributed by atoms with Crippen molar-refractivity contribution in [2.75, 3.05) is 39.5 Å². The summed E-state index contributed by atoms with van der Waals surface area (Å²) in [7, 11) is 0. The molecule has 2 heterocycles. The number of aliphatic hydroxyl groups excluding tert-OH is 1. The number of thiophene rings is 1. The van der Waals surface area contributed by atoms with E-state index in [0.29, 0.717) is 13.0 Å². The highest BCUT2D eigenvalue weighted by Crippen LogP contribution is 2.40. The van der Waals surface area contributed by atoms with Gasteiger partial charge in [0.2, 0.25) is 0 Å². The molecule has 1 aromatic heterocycles. The Bertz CT molecular complexity index is 1210. The van der Waals surface area contributed by atoms with Crippen LogP contribution < -0.4 is 9.47 Å². The number of hydrogen-bond donors (Lipinski definition) is 1. The maximum Gasteiger partial charge on any atom is 0.119 e. The van der Waals surface area contributed by atoms with Gasteiger partial charge < -0.3 is 14.6 Å². The molecule has 35 heavy (non-hydrogen) atoms. The largest absolute Gasteiger partial charge is 0.494 e. The number of fused-ring (bicyclic) bond motifs is 1. The van der Waals surface area contributed by atoms with E-state index in [-0.39, 0.29) is 6.61 Å². The van der Waals surface area contributed by atoms with E-state index in [1.165, 1.54) is 57.6 Å². The number of rotatable bonds is 11. The first-order valence-electron chi connectivity index (χ1n) is 12.6. The molecule has 0 radical (unpaired) electrons. The molecule has 0 atom stereocenters. The standard InChI is InChI=1S/C30H33NO3S/c32-19-5-20-33-26-14-10-24(11-15-26)30-28(27-6-1-2-7-29(27)35-30)22-23-8-12-25(13-9-23)34-21-18-31-16-3-4-17-31/h1-2,6-15,32H,3-5,16-22H2. The van der Waals surface area contributed by atoms with Crippen LogP contribution in [0.15, 0.2) is 72.8 Å². The van der Waals surface area contributed by atoms with Crippen LogP contribution in [0.4, 0.5) is 0 Å². The van der Waals surface area contributed by atoms with Gasteiger partial charge in [-0.15, -0.1) is 11.3 Å². The van der Waals surface area contributed by atoms with Crippen molar-refractivity contribution in [1.82, 2.24) is 4.90 Å². The predicted molar refractivity (Wildman–Crippen MR) is 145 cm³/mol. The highest BCUT2D eigenvalue weighted by molar-refractivity contribution is 7.22. The molecule has 1 saturated heterocycles. The minimum absolute atomic E-state index is 0.148. The zero-order chi connectivity index (χ0) is 23.9. The van der Waals surface area contributed by atoms with E-state index in [0.717, 1.165) is 31.1 Å². The summed E-state index contributed by atoms with van der Waals surface area (Å²) in [5.41, 5.74) is 3.85. The van der Waals surface area contributed by atoms with E-state index in [9.17, 15) is 0 Å². The Kier molecular flexibility index (Phi) is 7.99. The van der Waals surface area contributed by atoms with Crippen molar-refractivity contribution in [3.63, 3.8) is 0 Å². The van der Waals surface area contributed by atoms with Crippen LogP contribution in [0.1, 0.15) is 30.4 Å². The zero-order valence-electron chi connectivity index (χ0n) is 20.1. The fourth-order valence-corrected chi connectivity index (χ4v) is 5.90. The smallest absolute Gasteiger partial charge is 0.119 e. The molecule has 0 spiro atoms. The van der Waals surface area contributed by atoms with Crippen molar-refractivity contribution in [2.24, 2.45) is 0 Å². The van der Waals surface area contributed by atoms with E-state index in [4.69, 9.17) is 14.6 Å². The highest BCUT2D eigenvalue weighted by Gasteiger charge is 2.15. The van der Waals surface area contributed by atoms with Gasteiger partial charge in [0.1, 0.15) is 18.1 Å². The molecule has 0 bridgehead atoms. The van der Waals surface area contributed by atoms with Gasteiger partial charge in [0.25, 0.3) is 0 Å². The lowest BCUT2D eigenvalue weighted by atomic mass is 9.99. The molecule has 1 aliphatic heterocycles. The predicted octanol–water partition coefficient (Wildman–Crippen LogP) is 6.39. The van der Waals surface area contributed by atoms with Gasteiger partial charge >= 0.3 is 0 Å². The van der Waals surface area contributed by atoms with Gasteiger partial charge in [-0.25, -0.2) is 0 Å². The van der Waals surface area contributed by atoms with Crippen LogP contribution >= 0.6 is 11.3 Å². The molecular formula is C30H33NO3S. The molecule has 5 rings (SSSR count). The normalized spacial score (nSPS) is 14.0. The molecule has 1 fully saturated rings. The molecule has 1 N–H and O–H groups in total. The number of benzene rings is 3. The van der Waals surface area contributed by atoms with Gasteiger partial charge in [0.15, 0.2) is 0 Å². The molecule has 0 unspecified atom stereocenters. The van der Waals surface area contributed by atoms with Crippen molar-refractivity contribution in [2.45, 2.75) is 25.7 Å². The van der Waals surface area contributed by atoms with Crippen LogP contribution in [0.3, 0.4) is 0 Å². The summed E-state index contributed by atoms with van der Waals surface area (Å²) in [6, 6.07) is 25.6. The van der Waals surface area contributed by atoms with Crippen molar-refractivity contribution >= 4 is 21.4 Å². The maximum atomic E-state index is 8.96. The third-order valence-electron chi connectivity index (χ3n) is 6.57. The third-order valence-corrected chi connectivity index (χ3v) is 7.83. The van der Waals surface area contributed by atoms with Crippen LogP contribution in [-0.2, 0) is 6.42 Å². The molecular weight excluding hydrogens is 454 g/mol. The van der Waals surface area contributed by atoms with Gasteiger partial charge in [-0.3, -0.25) is 4.90 Å². The molecule has 3 aromatic carbocycles. The van der Waals surface area contributed by atoms with Gasteiger partial charge in [-0.1, -0.05) is 30.3 Å². The summed E-state index contributed by atoms with van der Waals surface area (Å²) in [6.45, 7) is 4.85.